The third kappa shape index (κ3) is 4.35. The number of fused-ring (bicyclic) bond motifs is 1. The number of nitrogens with one attached hydrogen (secondary N) is 1. The maximum atomic E-state index is 12.5. The Morgan fingerprint density at radius 2 is 1.92 bits per heavy atom. The summed E-state index contributed by atoms with van der Waals surface area (Å²) in [5, 5.41) is 5.02. The number of ether oxygens (including phenoxy) is 1. The molecule has 1 aromatic heterocycles. The van der Waals surface area contributed by atoms with Crippen LogP contribution in [0.5, 0.6) is 5.75 Å². The van der Waals surface area contributed by atoms with Crippen molar-refractivity contribution in [2.24, 2.45) is 0 Å². The van der Waals surface area contributed by atoms with Gasteiger partial charge in [-0.25, -0.2) is 0 Å². The normalized spacial score (nSPS) is 10.6. The lowest BCUT2D eigenvalue weighted by molar-refractivity contribution is 0.0954. The maximum Gasteiger partial charge on any atom is 0.251 e. The molecule has 0 radical (unpaired) electrons. The number of nitrogens with zero attached hydrogens (tertiary/aromatic N) is 1. The zero-order chi connectivity index (χ0) is 17.5. The standard InChI is InChI=1S/C21H22N2O2/c1-2-13-25-20-15-18(14-17-5-3-4-6-19(17)20)21(24)23-12-9-16-7-10-22-11-8-16/h3-8,10-11,14-15H,2,9,12-13H2,1H3,(H,23,24). The molecule has 0 bridgehead atoms. The van der Waals surface area contributed by atoms with E-state index in [2.05, 4.69) is 17.2 Å². The zero-order valence-corrected chi connectivity index (χ0v) is 14.4. The van der Waals surface area contributed by atoms with Gasteiger partial charge in [0.1, 0.15) is 5.75 Å². The molecule has 0 saturated carbocycles. The van der Waals surface area contributed by atoms with Gasteiger partial charge in [-0.2, -0.15) is 0 Å². The third-order valence-electron chi connectivity index (χ3n) is 4.00. The van der Waals surface area contributed by atoms with Gasteiger partial charge in [0.05, 0.1) is 6.61 Å². The van der Waals surface area contributed by atoms with Crippen LogP contribution in [0.3, 0.4) is 0 Å². The lowest BCUT2D eigenvalue weighted by atomic mass is 10.1. The number of rotatable bonds is 7. The molecule has 0 saturated heterocycles. The predicted octanol–water partition coefficient (Wildman–Crippen LogP) is 4.00. The van der Waals surface area contributed by atoms with E-state index in [0.717, 1.165) is 34.9 Å². The van der Waals surface area contributed by atoms with Gasteiger partial charge in [0, 0.05) is 29.9 Å². The van der Waals surface area contributed by atoms with E-state index in [1.807, 2.05) is 48.5 Å². The second-order valence-corrected chi connectivity index (χ2v) is 5.91. The molecule has 0 fully saturated rings. The molecule has 0 atom stereocenters. The molecule has 2 aromatic carbocycles. The van der Waals surface area contributed by atoms with Gasteiger partial charge in [-0.1, -0.05) is 31.2 Å². The summed E-state index contributed by atoms with van der Waals surface area (Å²) in [5.41, 5.74) is 1.78. The Kier molecular flexibility index (Phi) is 5.62. The molecule has 0 unspecified atom stereocenters. The SMILES string of the molecule is CCCOc1cc(C(=O)NCCc2ccncc2)cc2ccccc12. The summed E-state index contributed by atoms with van der Waals surface area (Å²) in [6.07, 6.45) is 5.23. The number of carbonyl (C=O) groups excluding carboxylic acids is 1. The largest absolute Gasteiger partial charge is 0.493 e. The first kappa shape index (κ1) is 17.0. The van der Waals surface area contributed by atoms with Crippen LogP contribution in [0.15, 0.2) is 60.9 Å². The average Bonchev–Trinajstić information content (AvgIpc) is 2.66. The van der Waals surface area contributed by atoms with Crippen LogP contribution in [0.25, 0.3) is 10.8 Å². The molecule has 0 aliphatic carbocycles. The molecule has 0 aliphatic heterocycles. The Bertz CT molecular complexity index is 847. The fourth-order valence-corrected chi connectivity index (χ4v) is 2.71. The maximum absolute atomic E-state index is 12.5. The first-order valence-corrected chi connectivity index (χ1v) is 8.60. The summed E-state index contributed by atoms with van der Waals surface area (Å²) in [7, 11) is 0. The van der Waals surface area contributed by atoms with Crippen molar-refractivity contribution >= 4 is 16.7 Å². The van der Waals surface area contributed by atoms with Crippen molar-refractivity contribution in [3.63, 3.8) is 0 Å². The van der Waals surface area contributed by atoms with E-state index in [-0.39, 0.29) is 5.91 Å². The molecule has 3 rings (SSSR count). The minimum absolute atomic E-state index is 0.0823. The molecular weight excluding hydrogens is 312 g/mol. The van der Waals surface area contributed by atoms with E-state index in [4.69, 9.17) is 4.74 Å². The monoisotopic (exact) mass is 334 g/mol. The number of hydrogen-bond donors (Lipinski definition) is 1. The highest BCUT2D eigenvalue weighted by Crippen LogP contribution is 2.27. The lowest BCUT2D eigenvalue weighted by Gasteiger charge is -2.12. The smallest absolute Gasteiger partial charge is 0.251 e. The summed E-state index contributed by atoms with van der Waals surface area (Å²) < 4.78 is 5.85. The van der Waals surface area contributed by atoms with Gasteiger partial charge >= 0.3 is 0 Å². The molecule has 128 valence electrons. The van der Waals surface area contributed by atoms with Gasteiger partial charge in [0.25, 0.3) is 5.91 Å². The van der Waals surface area contributed by atoms with Crippen LogP contribution >= 0.6 is 0 Å². The Labute approximate surface area is 147 Å². The molecule has 25 heavy (non-hydrogen) atoms. The van der Waals surface area contributed by atoms with Crippen LogP contribution in [0, 0.1) is 0 Å². The molecule has 0 spiro atoms. The number of hydrogen-bond acceptors (Lipinski definition) is 3. The second-order valence-electron chi connectivity index (χ2n) is 5.91. The van der Waals surface area contributed by atoms with E-state index >= 15 is 0 Å². The summed E-state index contributed by atoms with van der Waals surface area (Å²) >= 11 is 0. The van der Waals surface area contributed by atoms with Crippen LogP contribution in [0.1, 0.15) is 29.3 Å². The van der Waals surface area contributed by atoms with Crippen molar-refractivity contribution in [2.45, 2.75) is 19.8 Å². The fraction of sp³-hybridized carbons (Fsp3) is 0.238. The number of amides is 1. The first-order chi connectivity index (χ1) is 12.3. The van der Waals surface area contributed by atoms with Crippen molar-refractivity contribution in [1.82, 2.24) is 10.3 Å². The van der Waals surface area contributed by atoms with Crippen LogP contribution in [0.4, 0.5) is 0 Å². The van der Waals surface area contributed by atoms with Gasteiger partial charge in [0.15, 0.2) is 0 Å². The molecule has 0 aliphatic rings. The Balaban J connectivity index is 1.74. The van der Waals surface area contributed by atoms with Gasteiger partial charge in [-0.15, -0.1) is 0 Å². The van der Waals surface area contributed by atoms with Crippen LogP contribution in [0.2, 0.25) is 0 Å². The van der Waals surface area contributed by atoms with E-state index < -0.39 is 0 Å². The average molecular weight is 334 g/mol. The molecule has 3 aromatic rings. The van der Waals surface area contributed by atoms with Gasteiger partial charge in [-0.3, -0.25) is 9.78 Å². The summed E-state index contributed by atoms with van der Waals surface area (Å²) in [4.78, 5) is 16.5. The zero-order valence-electron chi connectivity index (χ0n) is 14.4. The van der Waals surface area contributed by atoms with Gasteiger partial charge in [-0.05, 0) is 48.1 Å². The van der Waals surface area contributed by atoms with Crippen molar-refractivity contribution < 1.29 is 9.53 Å². The highest BCUT2D eigenvalue weighted by molar-refractivity contribution is 6.00. The Morgan fingerprint density at radius 1 is 1.12 bits per heavy atom. The molecule has 1 heterocycles. The number of carbonyl (C=O) groups is 1. The van der Waals surface area contributed by atoms with Crippen molar-refractivity contribution in [1.29, 1.82) is 0 Å². The van der Waals surface area contributed by atoms with E-state index in [0.29, 0.717) is 18.7 Å². The number of pyridine rings is 1. The molecular formula is C21H22N2O2. The lowest BCUT2D eigenvalue weighted by Crippen LogP contribution is -2.25. The van der Waals surface area contributed by atoms with Crippen LogP contribution in [-0.2, 0) is 6.42 Å². The minimum atomic E-state index is -0.0823. The topological polar surface area (TPSA) is 51.2 Å². The number of aromatic nitrogens is 1. The Hall–Kier alpha value is -2.88. The quantitative estimate of drug-likeness (QED) is 0.710. The van der Waals surface area contributed by atoms with E-state index in [1.165, 1.54) is 0 Å². The van der Waals surface area contributed by atoms with Crippen LogP contribution in [-0.4, -0.2) is 24.0 Å². The van der Waals surface area contributed by atoms with Crippen molar-refractivity contribution in [3.05, 3.63) is 72.1 Å². The summed E-state index contributed by atoms with van der Waals surface area (Å²) in [6, 6.07) is 15.6. The van der Waals surface area contributed by atoms with Crippen molar-refractivity contribution in [3.8, 4) is 5.75 Å². The first-order valence-electron chi connectivity index (χ1n) is 8.60. The van der Waals surface area contributed by atoms with E-state index in [1.54, 1.807) is 12.4 Å². The number of benzene rings is 2. The molecule has 1 amide bonds. The summed E-state index contributed by atoms with van der Waals surface area (Å²) in [5.74, 6) is 0.681. The third-order valence-corrected chi connectivity index (χ3v) is 4.00. The van der Waals surface area contributed by atoms with Gasteiger partial charge < -0.3 is 10.1 Å². The highest BCUT2D eigenvalue weighted by Gasteiger charge is 2.11. The Morgan fingerprint density at radius 3 is 2.72 bits per heavy atom. The molecule has 4 heteroatoms. The minimum Gasteiger partial charge on any atom is -0.493 e. The van der Waals surface area contributed by atoms with E-state index in [9.17, 15) is 4.79 Å². The second kappa shape index (κ2) is 8.29. The van der Waals surface area contributed by atoms with Gasteiger partial charge in [0.2, 0.25) is 0 Å². The molecule has 4 nitrogen and oxygen atoms in total. The predicted molar refractivity (Wildman–Crippen MR) is 100 cm³/mol. The highest BCUT2D eigenvalue weighted by atomic mass is 16.5. The summed E-state index contributed by atoms with van der Waals surface area (Å²) in [6.45, 7) is 3.29. The van der Waals surface area contributed by atoms with Crippen LogP contribution < -0.4 is 10.1 Å². The molecule has 1 N–H and O–H groups in total. The van der Waals surface area contributed by atoms with Crippen molar-refractivity contribution in [2.75, 3.05) is 13.2 Å². The fourth-order valence-electron chi connectivity index (χ4n) is 2.71.